The summed E-state index contributed by atoms with van der Waals surface area (Å²) >= 11 is 0. The van der Waals surface area contributed by atoms with E-state index in [9.17, 15) is 4.79 Å². The monoisotopic (exact) mass is 397 g/mol. The first-order valence-corrected chi connectivity index (χ1v) is 10.2. The molecule has 4 aromatic rings. The van der Waals surface area contributed by atoms with Crippen LogP contribution >= 0.6 is 0 Å². The van der Waals surface area contributed by atoms with E-state index in [0.29, 0.717) is 5.56 Å². The predicted octanol–water partition coefficient (Wildman–Crippen LogP) is 5.69. The number of aromatic nitrogens is 2. The number of hydrogen-bond donors (Lipinski definition) is 2. The highest BCUT2D eigenvalue weighted by molar-refractivity contribution is 5.94. The summed E-state index contributed by atoms with van der Waals surface area (Å²) in [4.78, 5) is 21.2. The number of imidazole rings is 1. The molecule has 0 aliphatic heterocycles. The number of rotatable bonds is 4. The van der Waals surface area contributed by atoms with Crippen molar-refractivity contribution in [1.82, 2.24) is 15.3 Å². The lowest BCUT2D eigenvalue weighted by Crippen LogP contribution is -2.30. The molecule has 0 aliphatic rings. The Balaban J connectivity index is 1.67. The summed E-state index contributed by atoms with van der Waals surface area (Å²) < 4.78 is 0. The summed E-state index contributed by atoms with van der Waals surface area (Å²) in [5, 5.41) is 3.17. The molecular weight excluding hydrogens is 370 g/mol. The Hall–Kier alpha value is -3.40. The Morgan fingerprint density at radius 2 is 1.67 bits per heavy atom. The minimum Gasteiger partial charge on any atom is -0.340 e. The SMILES string of the molecule is Cc1ccc2nc(C(NC(=O)c3ccc(C(C)(C)C)cc3)c3ccccc3)[nH]c2c1. The fraction of sp³-hybridized carbons (Fsp3) is 0.231. The van der Waals surface area contributed by atoms with Crippen molar-refractivity contribution in [3.05, 3.63) is 101 Å². The van der Waals surface area contributed by atoms with E-state index in [1.807, 2.05) is 66.7 Å². The standard InChI is InChI=1S/C26H27N3O/c1-17-10-15-21-22(16-17)28-24(27-21)23(18-8-6-5-7-9-18)29-25(30)19-11-13-20(14-12-19)26(2,3)4/h5-16,23H,1-4H3,(H,27,28)(H,29,30). The molecule has 0 saturated carbocycles. The average molecular weight is 398 g/mol. The second-order valence-electron chi connectivity index (χ2n) is 8.79. The van der Waals surface area contributed by atoms with Gasteiger partial charge in [0.15, 0.2) is 0 Å². The molecule has 0 radical (unpaired) electrons. The molecule has 2 N–H and O–H groups in total. The summed E-state index contributed by atoms with van der Waals surface area (Å²) in [7, 11) is 0. The fourth-order valence-electron chi connectivity index (χ4n) is 3.57. The number of carbonyl (C=O) groups excluding carboxylic acids is 1. The number of nitrogens with one attached hydrogen (secondary N) is 2. The van der Waals surface area contributed by atoms with Gasteiger partial charge in [-0.1, -0.05) is 69.3 Å². The first kappa shape index (κ1) is 19.9. The summed E-state index contributed by atoms with van der Waals surface area (Å²) in [6.45, 7) is 8.54. The van der Waals surface area contributed by atoms with Gasteiger partial charge in [0, 0.05) is 5.56 Å². The maximum Gasteiger partial charge on any atom is 0.252 e. The van der Waals surface area contributed by atoms with E-state index in [2.05, 4.69) is 44.1 Å². The number of aryl methyl sites for hydroxylation is 1. The number of aromatic amines is 1. The molecule has 4 nitrogen and oxygen atoms in total. The molecule has 1 amide bonds. The van der Waals surface area contributed by atoms with Gasteiger partial charge in [0.1, 0.15) is 11.9 Å². The molecule has 152 valence electrons. The summed E-state index contributed by atoms with van der Waals surface area (Å²) in [5.41, 5.74) is 5.88. The zero-order valence-electron chi connectivity index (χ0n) is 17.9. The highest BCUT2D eigenvalue weighted by Gasteiger charge is 2.22. The molecule has 30 heavy (non-hydrogen) atoms. The Kier molecular flexibility index (Phi) is 5.17. The molecule has 3 aromatic carbocycles. The molecular formula is C26H27N3O. The first-order chi connectivity index (χ1) is 14.3. The zero-order valence-corrected chi connectivity index (χ0v) is 17.9. The van der Waals surface area contributed by atoms with Crippen LogP contribution in [-0.4, -0.2) is 15.9 Å². The van der Waals surface area contributed by atoms with Crippen LogP contribution in [0.15, 0.2) is 72.8 Å². The molecule has 1 unspecified atom stereocenters. The molecule has 1 atom stereocenters. The first-order valence-electron chi connectivity index (χ1n) is 10.2. The van der Waals surface area contributed by atoms with Crippen LogP contribution in [-0.2, 0) is 5.41 Å². The van der Waals surface area contributed by atoms with E-state index >= 15 is 0 Å². The van der Waals surface area contributed by atoms with Crippen molar-refractivity contribution in [2.24, 2.45) is 0 Å². The molecule has 0 bridgehead atoms. The highest BCUT2D eigenvalue weighted by Crippen LogP contribution is 2.25. The van der Waals surface area contributed by atoms with E-state index in [4.69, 9.17) is 4.98 Å². The lowest BCUT2D eigenvalue weighted by Gasteiger charge is -2.20. The number of fused-ring (bicyclic) bond motifs is 1. The number of H-pyrrole nitrogens is 1. The minimum atomic E-state index is -0.367. The van der Waals surface area contributed by atoms with Gasteiger partial charge in [-0.05, 0) is 53.3 Å². The van der Waals surface area contributed by atoms with Gasteiger partial charge >= 0.3 is 0 Å². The third-order valence-electron chi connectivity index (χ3n) is 5.35. The summed E-state index contributed by atoms with van der Waals surface area (Å²) in [5.74, 6) is 0.599. The fourth-order valence-corrected chi connectivity index (χ4v) is 3.57. The Morgan fingerprint density at radius 3 is 2.33 bits per heavy atom. The number of benzene rings is 3. The van der Waals surface area contributed by atoms with Gasteiger partial charge < -0.3 is 10.3 Å². The average Bonchev–Trinajstić information content (AvgIpc) is 3.14. The van der Waals surface area contributed by atoms with Crippen LogP contribution in [0.1, 0.15) is 59.7 Å². The van der Waals surface area contributed by atoms with Crippen LogP contribution < -0.4 is 5.32 Å². The van der Waals surface area contributed by atoms with E-state index in [1.54, 1.807) is 0 Å². The van der Waals surface area contributed by atoms with Crippen LogP contribution in [0.5, 0.6) is 0 Å². The van der Waals surface area contributed by atoms with Gasteiger partial charge in [0.25, 0.3) is 5.91 Å². The lowest BCUT2D eigenvalue weighted by atomic mass is 9.86. The largest absolute Gasteiger partial charge is 0.340 e. The van der Waals surface area contributed by atoms with Gasteiger partial charge in [0.05, 0.1) is 11.0 Å². The molecule has 4 rings (SSSR count). The van der Waals surface area contributed by atoms with Gasteiger partial charge in [-0.25, -0.2) is 4.98 Å². The van der Waals surface area contributed by atoms with E-state index in [0.717, 1.165) is 28.0 Å². The van der Waals surface area contributed by atoms with Gasteiger partial charge in [-0.3, -0.25) is 4.79 Å². The molecule has 0 spiro atoms. The number of amides is 1. The number of nitrogens with zero attached hydrogens (tertiary/aromatic N) is 1. The van der Waals surface area contributed by atoms with Crippen molar-refractivity contribution >= 4 is 16.9 Å². The van der Waals surface area contributed by atoms with E-state index in [-0.39, 0.29) is 17.4 Å². The number of carbonyl (C=O) groups is 1. The Morgan fingerprint density at radius 1 is 0.967 bits per heavy atom. The van der Waals surface area contributed by atoms with Crippen molar-refractivity contribution in [3.8, 4) is 0 Å². The zero-order chi connectivity index (χ0) is 21.3. The quantitative estimate of drug-likeness (QED) is 0.465. The maximum absolute atomic E-state index is 13.1. The van der Waals surface area contributed by atoms with Crippen LogP contribution in [0.4, 0.5) is 0 Å². The van der Waals surface area contributed by atoms with E-state index < -0.39 is 0 Å². The summed E-state index contributed by atoms with van der Waals surface area (Å²) in [6.07, 6.45) is 0. The normalized spacial score (nSPS) is 12.7. The van der Waals surface area contributed by atoms with Gasteiger partial charge in [-0.2, -0.15) is 0 Å². The van der Waals surface area contributed by atoms with Crippen molar-refractivity contribution in [2.75, 3.05) is 0 Å². The summed E-state index contributed by atoms with van der Waals surface area (Å²) in [6, 6.07) is 23.5. The number of hydrogen-bond acceptors (Lipinski definition) is 2. The van der Waals surface area contributed by atoms with Crippen LogP contribution in [0.25, 0.3) is 11.0 Å². The smallest absolute Gasteiger partial charge is 0.252 e. The Labute approximate surface area is 177 Å². The van der Waals surface area contributed by atoms with Crippen molar-refractivity contribution in [2.45, 2.75) is 39.2 Å². The van der Waals surface area contributed by atoms with Gasteiger partial charge in [0.2, 0.25) is 0 Å². The van der Waals surface area contributed by atoms with Crippen molar-refractivity contribution in [3.63, 3.8) is 0 Å². The van der Waals surface area contributed by atoms with Crippen molar-refractivity contribution < 1.29 is 4.79 Å². The highest BCUT2D eigenvalue weighted by atomic mass is 16.1. The third kappa shape index (κ3) is 4.13. The van der Waals surface area contributed by atoms with Crippen LogP contribution in [0.3, 0.4) is 0 Å². The predicted molar refractivity (Wildman–Crippen MR) is 122 cm³/mol. The molecule has 0 aliphatic carbocycles. The molecule has 0 saturated heterocycles. The molecule has 4 heteroatoms. The molecule has 1 aromatic heterocycles. The topological polar surface area (TPSA) is 57.8 Å². The molecule has 0 fully saturated rings. The lowest BCUT2D eigenvalue weighted by molar-refractivity contribution is 0.0941. The second kappa shape index (κ2) is 7.79. The minimum absolute atomic E-state index is 0.0496. The van der Waals surface area contributed by atoms with E-state index in [1.165, 1.54) is 5.56 Å². The maximum atomic E-state index is 13.1. The molecule has 1 heterocycles. The van der Waals surface area contributed by atoms with Crippen LogP contribution in [0.2, 0.25) is 0 Å². The van der Waals surface area contributed by atoms with Gasteiger partial charge in [-0.15, -0.1) is 0 Å². The third-order valence-corrected chi connectivity index (χ3v) is 5.35. The Bertz CT molecular complexity index is 1170. The second-order valence-corrected chi connectivity index (χ2v) is 8.79. The van der Waals surface area contributed by atoms with Crippen molar-refractivity contribution in [1.29, 1.82) is 0 Å². The van der Waals surface area contributed by atoms with Crippen LogP contribution in [0, 0.1) is 6.92 Å².